The predicted molar refractivity (Wildman–Crippen MR) is 113 cm³/mol. The lowest BCUT2D eigenvalue weighted by molar-refractivity contribution is 0.396. The molecule has 0 fully saturated rings. The van der Waals surface area contributed by atoms with Crippen LogP contribution in [0.4, 0.5) is 0 Å². The number of nitrogens with one attached hydrogen (secondary N) is 2. The monoisotopic (exact) mass is 484 g/mol. The molecule has 144 valence electrons. The summed E-state index contributed by atoms with van der Waals surface area (Å²) in [6, 6.07) is 7.86. The lowest BCUT2D eigenvalue weighted by atomic mass is 10.2. The van der Waals surface area contributed by atoms with Crippen LogP contribution in [0.3, 0.4) is 0 Å². The maximum atomic E-state index is 11.3. The molecule has 1 aromatic carbocycles. The van der Waals surface area contributed by atoms with E-state index in [0.29, 0.717) is 26.1 Å². The summed E-state index contributed by atoms with van der Waals surface area (Å²) in [5.41, 5.74) is 1.07. The van der Waals surface area contributed by atoms with Crippen molar-refractivity contribution < 1.29 is 13.2 Å². The molecule has 2 N–H and O–H groups in total. The molecule has 0 aliphatic rings. The molecule has 0 aliphatic heterocycles. The molecule has 0 saturated heterocycles. The number of sulfonamides is 1. The summed E-state index contributed by atoms with van der Waals surface area (Å²) in [5, 5.41) is 3.23. The molecule has 25 heavy (non-hydrogen) atoms. The maximum absolute atomic E-state index is 11.3. The Morgan fingerprint density at radius 2 is 1.96 bits per heavy atom. The fourth-order valence-electron chi connectivity index (χ4n) is 2.17. The molecule has 0 aliphatic carbocycles. The van der Waals surface area contributed by atoms with E-state index in [1.807, 2.05) is 36.2 Å². The molecule has 1 rings (SSSR count). The maximum Gasteiger partial charge on any atom is 0.211 e. The Balaban J connectivity index is 0.00000576. The first-order valence-electron chi connectivity index (χ1n) is 7.94. The SMILES string of the molecule is CCS(=O)(=O)NCCCNC(=NC)N(C)Cc1ccccc1OC.I. The number of hydrogen-bond acceptors (Lipinski definition) is 4. The van der Waals surface area contributed by atoms with Crippen LogP contribution in [0.1, 0.15) is 18.9 Å². The molecule has 1 aromatic rings. The van der Waals surface area contributed by atoms with Crippen LogP contribution in [-0.4, -0.2) is 59.3 Å². The fourth-order valence-corrected chi connectivity index (χ4v) is 2.83. The van der Waals surface area contributed by atoms with Gasteiger partial charge in [0.05, 0.1) is 12.9 Å². The van der Waals surface area contributed by atoms with Gasteiger partial charge < -0.3 is 15.0 Å². The molecule has 7 nitrogen and oxygen atoms in total. The van der Waals surface area contributed by atoms with Gasteiger partial charge in [0.1, 0.15) is 5.75 Å². The van der Waals surface area contributed by atoms with Gasteiger partial charge in [0, 0.05) is 39.3 Å². The summed E-state index contributed by atoms with van der Waals surface area (Å²) in [6.45, 7) is 3.33. The second-order valence-electron chi connectivity index (χ2n) is 5.29. The van der Waals surface area contributed by atoms with Crippen molar-refractivity contribution in [3.05, 3.63) is 29.8 Å². The highest BCUT2D eigenvalue weighted by molar-refractivity contribution is 14.0. The minimum absolute atomic E-state index is 0. The molecule has 0 saturated carbocycles. The predicted octanol–water partition coefficient (Wildman–Crippen LogP) is 1.65. The Morgan fingerprint density at radius 1 is 1.28 bits per heavy atom. The normalized spacial score (nSPS) is 11.6. The third-order valence-electron chi connectivity index (χ3n) is 3.51. The van der Waals surface area contributed by atoms with Gasteiger partial charge >= 0.3 is 0 Å². The zero-order chi connectivity index (χ0) is 18.0. The zero-order valence-corrected chi connectivity index (χ0v) is 18.4. The van der Waals surface area contributed by atoms with Gasteiger partial charge in [0.25, 0.3) is 0 Å². The first kappa shape index (κ1) is 23.9. The Kier molecular flexibility index (Phi) is 11.8. The molecule has 0 spiro atoms. The van der Waals surface area contributed by atoms with Gasteiger partial charge in [-0.25, -0.2) is 13.1 Å². The number of ether oxygens (including phenoxy) is 1. The lowest BCUT2D eigenvalue weighted by Crippen LogP contribution is -2.39. The van der Waals surface area contributed by atoms with Crippen LogP contribution in [0, 0.1) is 0 Å². The summed E-state index contributed by atoms with van der Waals surface area (Å²) in [5.74, 6) is 1.69. The second-order valence-corrected chi connectivity index (χ2v) is 7.39. The molecule has 0 bridgehead atoms. The van der Waals surface area contributed by atoms with E-state index in [4.69, 9.17) is 4.74 Å². The molecule has 0 aromatic heterocycles. The highest BCUT2D eigenvalue weighted by Gasteiger charge is 2.10. The van der Waals surface area contributed by atoms with Gasteiger partial charge in [0.15, 0.2) is 5.96 Å². The minimum atomic E-state index is -3.12. The van der Waals surface area contributed by atoms with E-state index in [-0.39, 0.29) is 29.7 Å². The molecule has 0 heterocycles. The number of halogens is 1. The summed E-state index contributed by atoms with van der Waals surface area (Å²) >= 11 is 0. The Labute approximate surface area is 168 Å². The Morgan fingerprint density at radius 3 is 2.56 bits per heavy atom. The van der Waals surface area contributed by atoms with Crippen LogP contribution < -0.4 is 14.8 Å². The molecule has 0 radical (unpaired) electrons. The minimum Gasteiger partial charge on any atom is -0.496 e. The first-order valence-corrected chi connectivity index (χ1v) is 9.59. The molecule has 0 unspecified atom stereocenters. The average molecular weight is 484 g/mol. The van der Waals surface area contributed by atoms with Gasteiger partial charge in [-0.15, -0.1) is 24.0 Å². The molecule has 0 amide bonds. The number of aliphatic imine (C=N–C) groups is 1. The van der Waals surface area contributed by atoms with Gasteiger partial charge in [-0.05, 0) is 19.4 Å². The quantitative estimate of drug-likeness (QED) is 0.241. The molecule has 9 heteroatoms. The van der Waals surface area contributed by atoms with Crippen LogP contribution in [0.5, 0.6) is 5.75 Å². The number of nitrogens with zero attached hydrogens (tertiary/aromatic N) is 2. The smallest absolute Gasteiger partial charge is 0.211 e. The van der Waals surface area contributed by atoms with E-state index < -0.39 is 10.0 Å². The van der Waals surface area contributed by atoms with Crippen LogP contribution in [-0.2, 0) is 16.6 Å². The number of methoxy groups -OCH3 is 1. The van der Waals surface area contributed by atoms with E-state index in [1.54, 1.807) is 21.1 Å². The van der Waals surface area contributed by atoms with E-state index in [1.165, 1.54) is 0 Å². The van der Waals surface area contributed by atoms with E-state index in [0.717, 1.165) is 17.3 Å². The highest BCUT2D eigenvalue weighted by Crippen LogP contribution is 2.18. The van der Waals surface area contributed by atoms with Gasteiger partial charge in [-0.1, -0.05) is 18.2 Å². The third kappa shape index (κ3) is 8.73. The number of hydrogen-bond donors (Lipinski definition) is 2. The standard InChI is InChI=1S/C16H28N4O3S.HI/c1-5-24(21,22)19-12-8-11-18-16(17-2)20(3)13-14-9-6-7-10-15(14)23-4;/h6-7,9-10,19H,5,8,11-13H2,1-4H3,(H,17,18);1H. The number of guanidine groups is 1. The van der Waals surface area contributed by atoms with Crippen LogP contribution >= 0.6 is 24.0 Å². The van der Waals surface area contributed by atoms with Crippen LogP contribution in [0.25, 0.3) is 0 Å². The second kappa shape index (κ2) is 12.3. The third-order valence-corrected chi connectivity index (χ3v) is 4.92. The zero-order valence-electron chi connectivity index (χ0n) is 15.3. The fraction of sp³-hybridized carbons (Fsp3) is 0.562. The van der Waals surface area contributed by atoms with E-state index in [2.05, 4.69) is 15.0 Å². The van der Waals surface area contributed by atoms with Crippen molar-refractivity contribution in [3.63, 3.8) is 0 Å². The first-order chi connectivity index (χ1) is 11.4. The molecular weight excluding hydrogens is 455 g/mol. The van der Waals surface area contributed by atoms with Crippen LogP contribution in [0.15, 0.2) is 29.3 Å². The topological polar surface area (TPSA) is 83.0 Å². The summed E-state index contributed by atoms with van der Waals surface area (Å²) in [6.07, 6.45) is 0.681. The van der Waals surface area contributed by atoms with Crippen molar-refractivity contribution in [2.24, 2.45) is 4.99 Å². The molecule has 0 atom stereocenters. The summed E-state index contributed by atoms with van der Waals surface area (Å²) in [4.78, 5) is 6.25. The largest absolute Gasteiger partial charge is 0.496 e. The summed E-state index contributed by atoms with van der Waals surface area (Å²) < 4.78 is 30.6. The number of para-hydroxylation sites is 1. The van der Waals surface area contributed by atoms with Gasteiger partial charge in [-0.2, -0.15) is 0 Å². The average Bonchev–Trinajstić information content (AvgIpc) is 2.58. The van der Waals surface area contributed by atoms with Gasteiger partial charge in [0.2, 0.25) is 10.0 Å². The Bertz CT molecular complexity index is 638. The van der Waals surface area contributed by atoms with Crippen molar-refractivity contribution in [2.45, 2.75) is 19.9 Å². The van der Waals surface area contributed by atoms with Crippen LogP contribution in [0.2, 0.25) is 0 Å². The number of rotatable bonds is 9. The van der Waals surface area contributed by atoms with E-state index >= 15 is 0 Å². The van der Waals surface area contributed by atoms with Crippen molar-refractivity contribution >= 4 is 40.0 Å². The van der Waals surface area contributed by atoms with Crippen molar-refractivity contribution in [1.29, 1.82) is 0 Å². The summed E-state index contributed by atoms with van der Waals surface area (Å²) in [7, 11) is 2.20. The van der Waals surface area contributed by atoms with E-state index in [9.17, 15) is 8.42 Å². The Hall–Kier alpha value is -1.07. The van der Waals surface area contributed by atoms with Gasteiger partial charge in [-0.3, -0.25) is 4.99 Å². The number of benzene rings is 1. The highest BCUT2D eigenvalue weighted by atomic mass is 127. The van der Waals surface area contributed by atoms with Crippen molar-refractivity contribution in [2.75, 3.05) is 40.0 Å². The lowest BCUT2D eigenvalue weighted by Gasteiger charge is -2.23. The molecular formula is C16H29IN4O3S. The van der Waals surface area contributed by atoms with Crippen molar-refractivity contribution in [3.8, 4) is 5.75 Å². The van der Waals surface area contributed by atoms with Crippen molar-refractivity contribution in [1.82, 2.24) is 14.9 Å².